The van der Waals surface area contributed by atoms with E-state index < -0.39 is 41.4 Å². The van der Waals surface area contributed by atoms with Crippen LogP contribution in [0.2, 0.25) is 15.1 Å². The number of amides is 1. The van der Waals surface area contributed by atoms with E-state index in [0.717, 1.165) is 36.4 Å². The SMILES string of the molecule is CSCCCNCCNC(=O)c1ccc(C/C=C(\c2cc(Cl)c(Cl)c(Cl)c2)C(F)(F)F)cc1C(F)(F)F. The van der Waals surface area contributed by atoms with E-state index in [4.69, 9.17) is 34.8 Å². The van der Waals surface area contributed by atoms with Crippen LogP contribution in [0.25, 0.3) is 5.57 Å². The Balaban J connectivity index is 2.25. The number of allylic oxidation sites excluding steroid dienone is 2. The highest BCUT2D eigenvalue weighted by molar-refractivity contribution is 7.98. The molecule has 0 saturated heterocycles. The van der Waals surface area contributed by atoms with E-state index >= 15 is 0 Å². The molecule has 0 aromatic heterocycles. The van der Waals surface area contributed by atoms with Crippen molar-refractivity contribution in [1.29, 1.82) is 0 Å². The molecule has 0 heterocycles. The summed E-state index contributed by atoms with van der Waals surface area (Å²) < 4.78 is 82.3. The van der Waals surface area contributed by atoms with Crippen LogP contribution in [-0.4, -0.2) is 43.7 Å². The molecule has 2 rings (SSSR count). The lowest BCUT2D eigenvalue weighted by Gasteiger charge is -2.16. The molecule has 0 unspecified atom stereocenters. The summed E-state index contributed by atoms with van der Waals surface area (Å²) in [6.45, 7) is 1.20. The number of hydrogen-bond acceptors (Lipinski definition) is 3. The van der Waals surface area contributed by atoms with Crippen LogP contribution in [0.1, 0.15) is 33.5 Å². The van der Waals surface area contributed by atoms with Crippen molar-refractivity contribution in [2.24, 2.45) is 0 Å². The first-order valence-electron chi connectivity index (χ1n) is 10.9. The summed E-state index contributed by atoms with van der Waals surface area (Å²) in [5, 5.41) is 4.97. The lowest BCUT2D eigenvalue weighted by Crippen LogP contribution is -2.33. The summed E-state index contributed by atoms with van der Waals surface area (Å²) in [6.07, 6.45) is -6.63. The molecule has 2 aromatic carbocycles. The van der Waals surface area contributed by atoms with Crippen molar-refractivity contribution in [3.8, 4) is 0 Å². The Kier molecular flexibility index (Phi) is 12.0. The molecule has 37 heavy (non-hydrogen) atoms. The van der Waals surface area contributed by atoms with E-state index in [1.54, 1.807) is 11.8 Å². The first kappa shape index (κ1) is 31.6. The summed E-state index contributed by atoms with van der Waals surface area (Å²) in [6, 6.07) is 4.75. The molecule has 1 amide bonds. The van der Waals surface area contributed by atoms with Gasteiger partial charge in [-0.05, 0) is 66.8 Å². The minimum absolute atomic E-state index is 0.0766. The first-order chi connectivity index (χ1) is 17.3. The molecule has 0 fully saturated rings. The van der Waals surface area contributed by atoms with Gasteiger partial charge in [-0.2, -0.15) is 38.1 Å². The Hall–Kier alpha value is -1.59. The smallest absolute Gasteiger partial charge is 0.351 e. The van der Waals surface area contributed by atoms with Crippen LogP contribution in [0.5, 0.6) is 0 Å². The molecule has 0 aliphatic carbocycles. The predicted octanol–water partition coefficient (Wildman–Crippen LogP) is 7.93. The number of alkyl halides is 6. The Bertz CT molecular complexity index is 1100. The zero-order chi connectivity index (χ0) is 27.8. The van der Waals surface area contributed by atoms with Gasteiger partial charge in [0.15, 0.2) is 0 Å². The lowest BCUT2D eigenvalue weighted by molar-refractivity contribution is -0.138. The molecular weight excluding hydrogens is 585 g/mol. The second-order valence-corrected chi connectivity index (χ2v) is 9.98. The highest BCUT2D eigenvalue weighted by Crippen LogP contribution is 2.40. The third-order valence-corrected chi connectivity index (χ3v) is 6.96. The molecule has 2 N–H and O–H groups in total. The molecule has 0 radical (unpaired) electrons. The van der Waals surface area contributed by atoms with Crippen LogP contribution in [0, 0.1) is 0 Å². The van der Waals surface area contributed by atoms with Crippen molar-refractivity contribution in [2.75, 3.05) is 31.6 Å². The number of thioether (sulfide) groups is 1. The maximum absolute atomic E-state index is 13.7. The quantitative estimate of drug-likeness (QED) is 0.155. The van der Waals surface area contributed by atoms with Crippen LogP contribution in [0.15, 0.2) is 36.4 Å². The fourth-order valence-electron chi connectivity index (χ4n) is 3.31. The van der Waals surface area contributed by atoms with Crippen LogP contribution < -0.4 is 10.6 Å². The maximum atomic E-state index is 13.7. The molecule has 13 heteroatoms. The molecule has 0 bridgehead atoms. The highest BCUT2D eigenvalue weighted by Gasteiger charge is 2.37. The van der Waals surface area contributed by atoms with E-state index in [9.17, 15) is 31.1 Å². The van der Waals surface area contributed by atoms with Gasteiger partial charge in [-0.15, -0.1) is 0 Å². The number of halogens is 9. The zero-order valence-electron chi connectivity index (χ0n) is 19.4. The second kappa shape index (κ2) is 14.0. The van der Waals surface area contributed by atoms with Crippen LogP contribution in [0.4, 0.5) is 26.3 Å². The van der Waals surface area contributed by atoms with Gasteiger partial charge >= 0.3 is 12.4 Å². The number of rotatable bonds is 11. The summed E-state index contributed by atoms with van der Waals surface area (Å²) in [5.74, 6) is 0.0309. The van der Waals surface area contributed by atoms with E-state index in [1.807, 2.05) is 6.26 Å². The van der Waals surface area contributed by atoms with Crippen LogP contribution >= 0.6 is 46.6 Å². The Morgan fingerprint density at radius 2 is 1.62 bits per heavy atom. The molecule has 0 spiro atoms. The maximum Gasteiger partial charge on any atom is 0.417 e. The molecule has 2 aromatic rings. The van der Waals surface area contributed by atoms with E-state index in [1.165, 1.54) is 6.07 Å². The minimum atomic E-state index is -4.90. The van der Waals surface area contributed by atoms with Crippen molar-refractivity contribution >= 4 is 58.0 Å². The van der Waals surface area contributed by atoms with Gasteiger partial charge < -0.3 is 10.6 Å². The molecule has 0 aliphatic heterocycles. The monoisotopic (exact) mass is 606 g/mol. The number of carbonyl (C=O) groups is 1. The first-order valence-corrected chi connectivity index (χ1v) is 13.4. The van der Waals surface area contributed by atoms with Gasteiger partial charge in [0.2, 0.25) is 0 Å². The normalized spacial score (nSPS) is 12.6. The molecule has 204 valence electrons. The minimum Gasteiger partial charge on any atom is -0.351 e. The number of benzene rings is 2. The lowest BCUT2D eigenvalue weighted by atomic mass is 9.98. The van der Waals surface area contributed by atoms with Gasteiger partial charge in [-0.25, -0.2) is 0 Å². The molecule has 0 aliphatic rings. The van der Waals surface area contributed by atoms with Crippen LogP contribution in [-0.2, 0) is 12.6 Å². The third kappa shape index (κ3) is 9.58. The van der Waals surface area contributed by atoms with Gasteiger partial charge in [0.25, 0.3) is 5.91 Å². The second-order valence-electron chi connectivity index (χ2n) is 7.80. The summed E-state index contributed by atoms with van der Waals surface area (Å²) in [4.78, 5) is 12.4. The van der Waals surface area contributed by atoms with Gasteiger partial charge in [-0.3, -0.25) is 4.79 Å². The largest absolute Gasteiger partial charge is 0.417 e. The zero-order valence-corrected chi connectivity index (χ0v) is 22.5. The van der Waals surface area contributed by atoms with E-state index in [-0.39, 0.29) is 32.7 Å². The molecule has 0 atom stereocenters. The highest BCUT2D eigenvalue weighted by atomic mass is 35.5. The standard InChI is InChI=1S/C24H23Cl3F6N2OS/c1-37-10-2-7-34-8-9-35-22(36)16-5-3-14(11-18(16)24(31,32)33)4-6-17(23(28,29)30)15-12-19(25)21(27)20(26)13-15/h3,5-6,11-13,34H,2,4,7-10H2,1H3,(H,35,36)/b17-6+. The molecule has 3 nitrogen and oxygen atoms in total. The fraction of sp³-hybridized carbons (Fsp3) is 0.375. The van der Waals surface area contributed by atoms with Crippen LogP contribution in [0.3, 0.4) is 0 Å². The molecule has 0 saturated carbocycles. The predicted molar refractivity (Wildman–Crippen MR) is 139 cm³/mol. The summed E-state index contributed by atoms with van der Waals surface area (Å²) in [7, 11) is 0. The van der Waals surface area contributed by atoms with Crippen molar-refractivity contribution < 1.29 is 31.1 Å². The van der Waals surface area contributed by atoms with Crippen molar-refractivity contribution in [1.82, 2.24) is 10.6 Å². The number of nitrogens with one attached hydrogen (secondary N) is 2. The van der Waals surface area contributed by atoms with Crippen molar-refractivity contribution in [3.05, 3.63) is 73.7 Å². The fourth-order valence-corrected chi connectivity index (χ4v) is 4.33. The number of carbonyl (C=O) groups excluding carboxylic acids is 1. The summed E-state index contributed by atoms with van der Waals surface area (Å²) in [5.41, 5.74) is -3.47. The topological polar surface area (TPSA) is 41.1 Å². The van der Waals surface area contributed by atoms with Gasteiger partial charge in [-0.1, -0.05) is 46.9 Å². The summed E-state index contributed by atoms with van der Waals surface area (Å²) >= 11 is 19.2. The number of hydrogen-bond donors (Lipinski definition) is 2. The molecular formula is C24H23Cl3F6N2OS. The Labute approximate surface area is 229 Å². The Morgan fingerprint density at radius 3 is 2.19 bits per heavy atom. The average Bonchev–Trinajstić information content (AvgIpc) is 2.80. The van der Waals surface area contributed by atoms with Gasteiger partial charge in [0.05, 0.1) is 31.8 Å². The van der Waals surface area contributed by atoms with E-state index in [0.29, 0.717) is 19.2 Å². The van der Waals surface area contributed by atoms with Gasteiger partial charge in [0.1, 0.15) is 0 Å². The average molecular weight is 608 g/mol. The van der Waals surface area contributed by atoms with E-state index in [2.05, 4.69) is 10.6 Å². The van der Waals surface area contributed by atoms with Crippen molar-refractivity contribution in [3.63, 3.8) is 0 Å². The third-order valence-electron chi connectivity index (χ3n) is 5.07. The van der Waals surface area contributed by atoms with Crippen molar-refractivity contribution in [2.45, 2.75) is 25.2 Å². The Morgan fingerprint density at radius 1 is 0.973 bits per heavy atom. The van der Waals surface area contributed by atoms with Gasteiger partial charge in [0, 0.05) is 13.1 Å².